The molecule has 1 aliphatic rings. The second kappa shape index (κ2) is 8.99. The fourth-order valence-electron chi connectivity index (χ4n) is 3.80. The molecule has 13 heteroatoms. The average molecular weight is 490 g/mol. The van der Waals surface area contributed by atoms with Crippen molar-refractivity contribution in [2.45, 2.75) is 18.8 Å². The van der Waals surface area contributed by atoms with Crippen LogP contribution in [0, 0.1) is 0 Å². The number of hydrogen-bond acceptors (Lipinski definition) is 9. The molecule has 178 valence electrons. The number of fused-ring (bicyclic) bond motifs is 1. The van der Waals surface area contributed by atoms with E-state index in [2.05, 4.69) is 30.8 Å². The van der Waals surface area contributed by atoms with Crippen LogP contribution in [0.5, 0.6) is 0 Å². The third-order valence-corrected chi connectivity index (χ3v) is 6.25. The number of carbonyl (C=O) groups excluding carboxylic acids is 1. The number of piperidine rings is 1. The molecule has 4 N–H and O–H groups in total. The van der Waals surface area contributed by atoms with Crippen LogP contribution in [-0.4, -0.2) is 63.3 Å². The van der Waals surface area contributed by atoms with E-state index in [-0.39, 0.29) is 31.3 Å². The Balaban J connectivity index is 1.48. The lowest BCUT2D eigenvalue weighted by atomic mass is 10.1. The molecule has 1 saturated heterocycles. The zero-order chi connectivity index (χ0) is 23.7. The van der Waals surface area contributed by atoms with Crippen molar-refractivity contribution in [2.75, 3.05) is 41.8 Å². The van der Waals surface area contributed by atoms with Gasteiger partial charge in [0.15, 0.2) is 5.58 Å². The van der Waals surface area contributed by atoms with E-state index >= 15 is 0 Å². The number of alkyl halides is 2. The van der Waals surface area contributed by atoms with Gasteiger partial charge in [-0.2, -0.15) is 10.1 Å². The minimum atomic E-state index is -2.83. The lowest BCUT2D eigenvalue weighted by molar-refractivity contribution is -0.0116. The van der Waals surface area contributed by atoms with E-state index in [1.807, 2.05) is 0 Å². The second-order valence-electron chi connectivity index (χ2n) is 7.87. The first-order chi connectivity index (χ1) is 16.4. The molecule has 0 atom stereocenters. The van der Waals surface area contributed by atoms with Gasteiger partial charge in [-0.15, -0.1) is 11.3 Å². The third kappa shape index (κ3) is 4.56. The molecule has 1 aromatic carbocycles. The molecule has 0 spiro atoms. The number of halogens is 2. The first-order valence-corrected chi connectivity index (χ1v) is 11.5. The summed E-state index contributed by atoms with van der Waals surface area (Å²) in [7, 11) is 0. The highest BCUT2D eigenvalue weighted by atomic mass is 32.1. The highest BCUT2D eigenvalue weighted by Crippen LogP contribution is 2.37. The number of aliphatic hydroxyl groups is 1. The molecule has 3 aromatic heterocycles. The predicted molar refractivity (Wildman–Crippen MR) is 124 cm³/mol. The number of carbonyl (C=O) groups is 1. The minimum absolute atomic E-state index is 0.109. The quantitative estimate of drug-likeness (QED) is 0.310. The van der Waals surface area contributed by atoms with E-state index in [1.165, 1.54) is 11.3 Å². The van der Waals surface area contributed by atoms with Gasteiger partial charge in [-0.3, -0.25) is 9.89 Å². The molecule has 0 saturated carbocycles. The van der Waals surface area contributed by atoms with Crippen LogP contribution in [0.2, 0.25) is 0 Å². The Labute approximate surface area is 196 Å². The topological polar surface area (TPSA) is 132 Å². The lowest BCUT2D eigenvalue weighted by Gasteiger charge is -2.35. The summed E-state index contributed by atoms with van der Waals surface area (Å²) in [6.07, 6.45) is 3.42. The molecule has 4 aromatic rings. The number of aromatic nitrogens is 4. The maximum Gasteiger partial charge on any atom is 0.295 e. The van der Waals surface area contributed by atoms with Gasteiger partial charge in [-0.05, 0) is 12.5 Å². The summed E-state index contributed by atoms with van der Waals surface area (Å²) in [6, 6.07) is 3.37. The third-order valence-electron chi connectivity index (χ3n) is 5.36. The smallest absolute Gasteiger partial charge is 0.295 e. The number of thiazole rings is 1. The normalized spacial score (nSPS) is 15.6. The molecule has 4 heterocycles. The average Bonchev–Trinajstić information content (AvgIpc) is 3.56. The number of nitrogens with one attached hydrogen (secondary N) is 3. The van der Waals surface area contributed by atoms with Gasteiger partial charge in [-0.25, -0.2) is 13.8 Å². The molecule has 10 nitrogen and oxygen atoms in total. The standard InChI is InChI=1S/C21H21F2N7O3S/c22-21(23)2-1-4-30(11-21)16-6-14-17(33-20(29-14)24-3-5-31)7-13(16)27-18(32)15-10-34-19(28-15)12-8-25-26-9-12/h6-10,31H,1-5,11H2,(H,24,29)(H,25,26)(H,27,32). The Bertz CT molecular complexity index is 1310. The van der Waals surface area contributed by atoms with Gasteiger partial charge in [0.1, 0.15) is 16.2 Å². The number of amides is 1. The van der Waals surface area contributed by atoms with Gasteiger partial charge in [-0.1, -0.05) is 0 Å². The molecule has 0 bridgehead atoms. The number of aliphatic hydroxyl groups excluding tert-OH is 1. The highest BCUT2D eigenvalue weighted by molar-refractivity contribution is 7.13. The Kier molecular flexibility index (Phi) is 5.87. The summed E-state index contributed by atoms with van der Waals surface area (Å²) in [5.41, 5.74) is 2.50. The van der Waals surface area contributed by atoms with Crippen molar-refractivity contribution >= 4 is 45.7 Å². The van der Waals surface area contributed by atoms with Gasteiger partial charge in [0.2, 0.25) is 0 Å². The molecule has 5 rings (SSSR count). The first-order valence-electron chi connectivity index (χ1n) is 10.6. The van der Waals surface area contributed by atoms with Crippen LogP contribution >= 0.6 is 11.3 Å². The van der Waals surface area contributed by atoms with Gasteiger partial charge in [0, 0.05) is 42.7 Å². The maximum atomic E-state index is 14.2. The number of nitrogens with zero attached hydrogens (tertiary/aromatic N) is 4. The van der Waals surface area contributed by atoms with E-state index in [0.717, 1.165) is 5.56 Å². The number of H-pyrrole nitrogens is 1. The fraction of sp³-hybridized carbons (Fsp3) is 0.333. The monoisotopic (exact) mass is 489 g/mol. The molecule has 1 aliphatic heterocycles. The van der Waals surface area contributed by atoms with E-state index in [0.29, 0.717) is 40.4 Å². The van der Waals surface area contributed by atoms with Crippen LogP contribution in [0.3, 0.4) is 0 Å². The highest BCUT2D eigenvalue weighted by Gasteiger charge is 2.36. The number of aromatic amines is 1. The van der Waals surface area contributed by atoms with Crippen LogP contribution in [-0.2, 0) is 0 Å². The summed E-state index contributed by atoms with van der Waals surface area (Å²) in [5.74, 6) is -3.31. The molecule has 0 aliphatic carbocycles. The summed E-state index contributed by atoms with van der Waals surface area (Å²) in [4.78, 5) is 23.2. The SMILES string of the molecule is O=C(Nc1cc2oc(NCCO)nc2cc1N1CCCC(F)(F)C1)c1csc(-c2cn[nH]c2)n1. The van der Waals surface area contributed by atoms with E-state index in [4.69, 9.17) is 9.52 Å². The molecule has 1 amide bonds. The van der Waals surface area contributed by atoms with Crippen molar-refractivity contribution in [1.29, 1.82) is 0 Å². The van der Waals surface area contributed by atoms with Crippen LogP contribution in [0.4, 0.5) is 26.2 Å². The fourth-order valence-corrected chi connectivity index (χ4v) is 4.58. The minimum Gasteiger partial charge on any atom is -0.423 e. The molecule has 34 heavy (non-hydrogen) atoms. The molecular formula is C21H21F2N7O3S. The Hall–Kier alpha value is -3.58. The second-order valence-corrected chi connectivity index (χ2v) is 8.72. The number of hydrogen-bond donors (Lipinski definition) is 4. The Morgan fingerprint density at radius 3 is 3.00 bits per heavy atom. The predicted octanol–water partition coefficient (Wildman–Crippen LogP) is 3.57. The number of anilines is 3. The van der Waals surface area contributed by atoms with Crippen molar-refractivity contribution in [3.8, 4) is 10.6 Å². The largest absolute Gasteiger partial charge is 0.423 e. The van der Waals surface area contributed by atoms with Crippen LogP contribution in [0.25, 0.3) is 21.7 Å². The van der Waals surface area contributed by atoms with Gasteiger partial charge >= 0.3 is 0 Å². The van der Waals surface area contributed by atoms with Crippen molar-refractivity contribution in [1.82, 2.24) is 20.2 Å². The van der Waals surface area contributed by atoms with E-state index < -0.39 is 18.4 Å². The molecular weight excluding hydrogens is 468 g/mol. The van der Waals surface area contributed by atoms with Crippen LogP contribution < -0.4 is 15.5 Å². The first kappa shape index (κ1) is 22.2. The van der Waals surface area contributed by atoms with Crippen molar-refractivity contribution in [3.05, 3.63) is 35.6 Å². The Morgan fingerprint density at radius 1 is 1.35 bits per heavy atom. The van der Waals surface area contributed by atoms with Crippen LogP contribution in [0.1, 0.15) is 23.3 Å². The molecule has 0 unspecified atom stereocenters. The number of benzene rings is 1. The van der Waals surface area contributed by atoms with E-state index in [1.54, 1.807) is 34.8 Å². The van der Waals surface area contributed by atoms with Gasteiger partial charge in [0.05, 0.1) is 30.7 Å². The zero-order valence-electron chi connectivity index (χ0n) is 17.8. The summed E-state index contributed by atoms with van der Waals surface area (Å²) in [5, 5.41) is 23.5. The number of oxazole rings is 1. The van der Waals surface area contributed by atoms with Crippen molar-refractivity contribution in [3.63, 3.8) is 0 Å². The summed E-state index contributed by atoms with van der Waals surface area (Å²) in [6.45, 7) is 0.0853. The number of rotatable bonds is 7. The Morgan fingerprint density at radius 2 is 2.24 bits per heavy atom. The van der Waals surface area contributed by atoms with Crippen molar-refractivity contribution in [2.24, 2.45) is 0 Å². The van der Waals surface area contributed by atoms with Gasteiger partial charge in [0.25, 0.3) is 17.8 Å². The summed E-state index contributed by atoms with van der Waals surface area (Å²) >= 11 is 1.29. The summed E-state index contributed by atoms with van der Waals surface area (Å²) < 4.78 is 34.0. The molecule has 0 radical (unpaired) electrons. The maximum absolute atomic E-state index is 14.2. The van der Waals surface area contributed by atoms with E-state index in [9.17, 15) is 13.6 Å². The van der Waals surface area contributed by atoms with Crippen LogP contribution in [0.15, 0.2) is 34.3 Å². The lowest BCUT2D eigenvalue weighted by Crippen LogP contribution is -2.43. The van der Waals surface area contributed by atoms with Crippen molar-refractivity contribution < 1.29 is 23.1 Å². The zero-order valence-corrected chi connectivity index (χ0v) is 18.7. The molecule has 1 fully saturated rings. The van der Waals surface area contributed by atoms with Gasteiger partial charge < -0.3 is 25.1 Å².